The van der Waals surface area contributed by atoms with E-state index in [1.54, 1.807) is 17.1 Å². The summed E-state index contributed by atoms with van der Waals surface area (Å²) in [7, 11) is 0. The molecule has 1 atom stereocenters. The zero-order chi connectivity index (χ0) is 11.8. The Kier molecular flexibility index (Phi) is 2.40. The summed E-state index contributed by atoms with van der Waals surface area (Å²) in [5, 5.41) is 18.0. The van der Waals surface area contributed by atoms with Gasteiger partial charge in [-0.3, -0.25) is 4.98 Å². The molecule has 0 spiro atoms. The Morgan fingerprint density at radius 2 is 2.24 bits per heavy atom. The monoisotopic (exact) mass is 230 g/mol. The molecule has 1 N–H and O–H groups in total. The van der Waals surface area contributed by atoms with Gasteiger partial charge < -0.3 is 5.11 Å². The Balaban J connectivity index is 1.86. The maximum atomic E-state index is 9.93. The zero-order valence-electron chi connectivity index (χ0n) is 9.61. The maximum absolute atomic E-state index is 9.93. The molecule has 0 radical (unpaired) electrons. The predicted molar refractivity (Wildman–Crippen MR) is 61.6 cm³/mol. The highest BCUT2D eigenvalue weighted by Crippen LogP contribution is 2.40. The molecule has 0 saturated heterocycles. The van der Waals surface area contributed by atoms with E-state index < -0.39 is 6.10 Å². The molecule has 0 aliphatic heterocycles. The van der Waals surface area contributed by atoms with Crippen molar-refractivity contribution in [1.29, 1.82) is 0 Å². The van der Waals surface area contributed by atoms with Crippen LogP contribution in [0.1, 0.15) is 30.3 Å². The standard InChI is InChI=1S/C12H14N4O/c1-8-2-5-10(6-13-8)16-7-11(14-15-16)12(17)9-3-4-9/h2,5-7,9,12,17H,3-4H2,1H3/t12-/m1/s1. The first-order valence-corrected chi connectivity index (χ1v) is 5.77. The Bertz CT molecular complexity index is 516. The molecule has 5 nitrogen and oxygen atoms in total. The summed E-state index contributed by atoms with van der Waals surface area (Å²) in [4.78, 5) is 4.21. The number of aromatic nitrogens is 4. The molecule has 1 fully saturated rings. The van der Waals surface area contributed by atoms with E-state index in [1.165, 1.54) is 0 Å². The fourth-order valence-corrected chi connectivity index (χ4v) is 1.79. The highest BCUT2D eigenvalue weighted by molar-refractivity contribution is 5.28. The van der Waals surface area contributed by atoms with Crippen molar-refractivity contribution >= 4 is 0 Å². The molecule has 0 unspecified atom stereocenters. The van der Waals surface area contributed by atoms with E-state index in [0.717, 1.165) is 24.2 Å². The van der Waals surface area contributed by atoms with E-state index in [2.05, 4.69) is 15.3 Å². The van der Waals surface area contributed by atoms with Gasteiger partial charge in [-0.25, -0.2) is 4.68 Å². The lowest BCUT2D eigenvalue weighted by Gasteiger charge is -2.03. The molecule has 88 valence electrons. The minimum atomic E-state index is -0.470. The summed E-state index contributed by atoms with van der Waals surface area (Å²) in [5.74, 6) is 0.372. The molecule has 0 bridgehead atoms. The van der Waals surface area contributed by atoms with Gasteiger partial charge >= 0.3 is 0 Å². The lowest BCUT2D eigenvalue weighted by atomic mass is 10.2. The van der Waals surface area contributed by atoms with Crippen molar-refractivity contribution in [3.8, 4) is 5.69 Å². The molecule has 1 aliphatic carbocycles. The average Bonchev–Trinajstić information content (AvgIpc) is 3.07. The van der Waals surface area contributed by atoms with Crippen LogP contribution in [0.25, 0.3) is 5.69 Å². The zero-order valence-corrected chi connectivity index (χ0v) is 9.61. The number of aliphatic hydroxyl groups is 1. The average molecular weight is 230 g/mol. The first-order chi connectivity index (χ1) is 8.24. The van der Waals surface area contributed by atoms with Crippen LogP contribution in [-0.2, 0) is 0 Å². The normalized spacial score (nSPS) is 17.1. The van der Waals surface area contributed by atoms with E-state index in [-0.39, 0.29) is 0 Å². The summed E-state index contributed by atoms with van der Waals surface area (Å²) in [5.41, 5.74) is 2.47. The first-order valence-electron chi connectivity index (χ1n) is 5.77. The third kappa shape index (κ3) is 2.06. The molecule has 1 saturated carbocycles. The van der Waals surface area contributed by atoms with Gasteiger partial charge in [0.25, 0.3) is 0 Å². The van der Waals surface area contributed by atoms with Crippen LogP contribution in [0.5, 0.6) is 0 Å². The van der Waals surface area contributed by atoms with Gasteiger partial charge in [0, 0.05) is 5.69 Å². The van der Waals surface area contributed by atoms with Gasteiger partial charge in [0.05, 0.1) is 18.1 Å². The van der Waals surface area contributed by atoms with Crippen LogP contribution >= 0.6 is 0 Å². The van der Waals surface area contributed by atoms with E-state index in [4.69, 9.17) is 0 Å². The van der Waals surface area contributed by atoms with Crippen molar-refractivity contribution in [2.75, 3.05) is 0 Å². The lowest BCUT2D eigenvalue weighted by Crippen LogP contribution is -1.99. The Morgan fingerprint density at radius 1 is 1.41 bits per heavy atom. The summed E-state index contributed by atoms with van der Waals surface area (Å²) < 4.78 is 1.65. The largest absolute Gasteiger partial charge is 0.386 e. The number of aryl methyl sites for hydroxylation is 1. The van der Waals surface area contributed by atoms with Crippen LogP contribution in [0.3, 0.4) is 0 Å². The Hall–Kier alpha value is -1.75. The van der Waals surface area contributed by atoms with Crippen molar-refractivity contribution in [3.63, 3.8) is 0 Å². The van der Waals surface area contributed by atoms with Gasteiger partial charge in [0.15, 0.2) is 0 Å². The van der Waals surface area contributed by atoms with Gasteiger partial charge in [-0.2, -0.15) is 0 Å². The maximum Gasteiger partial charge on any atom is 0.112 e. The molecular weight excluding hydrogens is 216 g/mol. The predicted octanol–water partition coefficient (Wildman–Crippen LogP) is 1.41. The van der Waals surface area contributed by atoms with E-state index >= 15 is 0 Å². The number of aliphatic hydroxyl groups excluding tert-OH is 1. The number of hydrogen-bond donors (Lipinski definition) is 1. The number of nitrogens with zero attached hydrogens (tertiary/aromatic N) is 4. The molecule has 17 heavy (non-hydrogen) atoms. The van der Waals surface area contributed by atoms with Gasteiger partial charge in [-0.15, -0.1) is 5.10 Å². The molecule has 0 aromatic carbocycles. The van der Waals surface area contributed by atoms with Gasteiger partial charge in [-0.1, -0.05) is 5.21 Å². The molecule has 3 rings (SSSR count). The Morgan fingerprint density at radius 3 is 2.88 bits per heavy atom. The first kappa shape index (κ1) is 10.4. The number of hydrogen-bond acceptors (Lipinski definition) is 4. The van der Waals surface area contributed by atoms with E-state index in [1.807, 2.05) is 19.1 Å². The highest BCUT2D eigenvalue weighted by atomic mass is 16.3. The number of rotatable bonds is 3. The highest BCUT2D eigenvalue weighted by Gasteiger charge is 2.32. The summed E-state index contributed by atoms with van der Waals surface area (Å²) >= 11 is 0. The van der Waals surface area contributed by atoms with Crippen molar-refractivity contribution in [2.45, 2.75) is 25.9 Å². The molecule has 0 amide bonds. The summed E-state index contributed by atoms with van der Waals surface area (Å²) in [6.45, 7) is 1.94. The molecule has 2 aromatic heterocycles. The third-order valence-corrected chi connectivity index (χ3v) is 3.04. The van der Waals surface area contributed by atoms with Crippen LogP contribution in [-0.4, -0.2) is 25.1 Å². The minimum absolute atomic E-state index is 0.372. The Labute approximate surface area is 99.1 Å². The van der Waals surface area contributed by atoms with Crippen molar-refractivity contribution in [1.82, 2.24) is 20.0 Å². The lowest BCUT2D eigenvalue weighted by molar-refractivity contribution is 0.149. The fourth-order valence-electron chi connectivity index (χ4n) is 1.79. The molecule has 2 heterocycles. The quantitative estimate of drug-likeness (QED) is 0.866. The molecule has 1 aliphatic rings. The van der Waals surface area contributed by atoms with Crippen LogP contribution in [0.15, 0.2) is 24.5 Å². The van der Waals surface area contributed by atoms with Crippen molar-refractivity contribution in [2.24, 2.45) is 5.92 Å². The molecular formula is C12H14N4O. The second-order valence-corrected chi connectivity index (χ2v) is 4.53. The fraction of sp³-hybridized carbons (Fsp3) is 0.417. The van der Waals surface area contributed by atoms with Crippen molar-refractivity contribution in [3.05, 3.63) is 35.9 Å². The van der Waals surface area contributed by atoms with Gasteiger partial charge in [-0.05, 0) is 37.8 Å². The van der Waals surface area contributed by atoms with Crippen LogP contribution in [0, 0.1) is 12.8 Å². The summed E-state index contributed by atoms with van der Waals surface area (Å²) in [6.07, 6.45) is 5.22. The minimum Gasteiger partial charge on any atom is -0.386 e. The van der Waals surface area contributed by atoms with Gasteiger partial charge in [0.1, 0.15) is 11.8 Å². The second kappa shape index (κ2) is 3.92. The van der Waals surface area contributed by atoms with Crippen LogP contribution < -0.4 is 0 Å². The van der Waals surface area contributed by atoms with Crippen molar-refractivity contribution < 1.29 is 5.11 Å². The van der Waals surface area contributed by atoms with E-state index in [0.29, 0.717) is 11.6 Å². The second-order valence-electron chi connectivity index (χ2n) is 4.53. The number of pyridine rings is 1. The molecule has 5 heteroatoms. The third-order valence-electron chi connectivity index (χ3n) is 3.04. The summed E-state index contributed by atoms with van der Waals surface area (Å²) in [6, 6.07) is 3.86. The van der Waals surface area contributed by atoms with Crippen LogP contribution in [0.2, 0.25) is 0 Å². The van der Waals surface area contributed by atoms with E-state index in [9.17, 15) is 5.11 Å². The SMILES string of the molecule is Cc1ccc(-n2cc([C@H](O)C3CC3)nn2)cn1. The topological polar surface area (TPSA) is 63.8 Å². The molecule has 2 aromatic rings. The van der Waals surface area contributed by atoms with Crippen LogP contribution in [0.4, 0.5) is 0 Å². The van der Waals surface area contributed by atoms with Gasteiger partial charge in [0.2, 0.25) is 0 Å². The smallest absolute Gasteiger partial charge is 0.112 e.